The highest BCUT2D eigenvalue weighted by atomic mass is 32.1. The predicted molar refractivity (Wildman–Crippen MR) is 89.9 cm³/mol. The fourth-order valence-corrected chi connectivity index (χ4v) is 3.44. The molecule has 0 radical (unpaired) electrons. The Morgan fingerprint density at radius 2 is 1.95 bits per heavy atom. The fourth-order valence-electron chi connectivity index (χ4n) is 2.26. The number of esters is 1. The summed E-state index contributed by atoms with van der Waals surface area (Å²) < 4.78 is 10.8. The highest BCUT2D eigenvalue weighted by molar-refractivity contribution is 7.16. The first-order valence-electron chi connectivity index (χ1n) is 7.14. The lowest BCUT2D eigenvalue weighted by atomic mass is 10.1. The monoisotopic (exact) mass is 319 g/mol. The Labute approximate surface area is 135 Å². The van der Waals surface area contributed by atoms with E-state index in [1.54, 1.807) is 18.4 Å². The predicted octanol–water partition coefficient (Wildman–Crippen LogP) is 3.73. The summed E-state index contributed by atoms with van der Waals surface area (Å²) in [6.07, 6.45) is -0.187. The van der Waals surface area contributed by atoms with E-state index >= 15 is 0 Å². The number of benzene rings is 1. The maximum Gasteiger partial charge on any atom is 0.341 e. The van der Waals surface area contributed by atoms with E-state index in [-0.39, 0.29) is 12.1 Å². The molecule has 2 rings (SSSR count). The Kier molecular flexibility index (Phi) is 5.57. The van der Waals surface area contributed by atoms with Gasteiger partial charge in [-0.3, -0.25) is 0 Å². The zero-order chi connectivity index (χ0) is 16.1. The van der Waals surface area contributed by atoms with E-state index in [1.807, 2.05) is 62.3 Å². The van der Waals surface area contributed by atoms with Gasteiger partial charge in [0.2, 0.25) is 0 Å². The Bertz CT molecular complexity index is 622. The van der Waals surface area contributed by atoms with Gasteiger partial charge in [-0.25, -0.2) is 4.79 Å². The van der Waals surface area contributed by atoms with E-state index in [2.05, 4.69) is 0 Å². The highest BCUT2D eigenvalue weighted by Gasteiger charge is 2.23. The molecule has 0 saturated carbocycles. The molecule has 1 aromatic carbocycles. The Morgan fingerprint density at radius 3 is 2.50 bits per heavy atom. The van der Waals surface area contributed by atoms with Gasteiger partial charge in [-0.2, -0.15) is 0 Å². The summed E-state index contributed by atoms with van der Waals surface area (Å²) >= 11 is 1.55. The van der Waals surface area contributed by atoms with Crippen LogP contribution in [0.4, 0.5) is 5.00 Å². The van der Waals surface area contributed by atoms with E-state index in [9.17, 15) is 4.79 Å². The van der Waals surface area contributed by atoms with Gasteiger partial charge in [0.1, 0.15) is 11.1 Å². The smallest absolute Gasteiger partial charge is 0.341 e. The maximum absolute atomic E-state index is 12.1. The summed E-state index contributed by atoms with van der Waals surface area (Å²) in [6.45, 7) is 2.17. The van der Waals surface area contributed by atoms with Gasteiger partial charge in [0, 0.05) is 26.1 Å². The summed E-state index contributed by atoms with van der Waals surface area (Å²) in [5.74, 6) is -0.295. The van der Waals surface area contributed by atoms with Crippen molar-refractivity contribution in [2.45, 2.75) is 13.0 Å². The zero-order valence-electron chi connectivity index (χ0n) is 13.3. The number of methoxy groups -OCH3 is 1. The normalized spacial score (nSPS) is 12.0. The topological polar surface area (TPSA) is 38.8 Å². The molecule has 0 spiro atoms. The van der Waals surface area contributed by atoms with Gasteiger partial charge in [0.05, 0.1) is 12.2 Å². The second kappa shape index (κ2) is 7.42. The van der Waals surface area contributed by atoms with Crippen molar-refractivity contribution in [1.82, 2.24) is 0 Å². The molecule has 0 bridgehead atoms. The van der Waals surface area contributed by atoms with Crippen LogP contribution in [0.25, 0.3) is 0 Å². The number of hydrogen-bond acceptors (Lipinski definition) is 5. The van der Waals surface area contributed by atoms with Crippen LogP contribution >= 0.6 is 11.3 Å². The van der Waals surface area contributed by atoms with Crippen molar-refractivity contribution in [3.05, 3.63) is 52.4 Å². The first kappa shape index (κ1) is 16.5. The molecule has 1 atom stereocenters. The molecule has 0 N–H and O–H groups in total. The number of nitrogens with zero attached hydrogens (tertiary/aromatic N) is 1. The molecule has 0 amide bonds. The molecule has 4 nitrogen and oxygen atoms in total. The van der Waals surface area contributed by atoms with E-state index < -0.39 is 0 Å². The second-order valence-electron chi connectivity index (χ2n) is 5.01. The molecular weight excluding hydrogens is 298 g/mol. The molecule has 118 valence electrons. The van der Waals surface area contributed by atoms with Crippen LogP contribution < -0.4 is 4.90 Å². The van der Waals surface area contributed by atoms with E-state index in [1.165, 1.54) is 0 Å². The number of carbonyl (C=O) groups is 1. The number of rotatable bonds is 6. The van der Waals surface area contributed by atoms with Gasteiger partial charge in [0.15, 0.2) is 0 Å². The molecular formula is C17H21NO3S. The van der Waals surface area contributed by atoms with Crippen molar-refractivity contribution >= 4 is 22.3 Å². The molecule has 22 heavy (non-hydrogen) atoms. The third-order valence-corrected chi connectivity index (χ3v) is 4.58. The van der Waals surface area contributed by atoms with Crippen molar-refractivity contribution < 1.29 is 14.3 Å². The Morgan fingerprint density at radius 1 is 1.27 bits per heavy atom. The van der Waals surface area contributed by atoms with Crippen LogP contribution in [0.5, 0.6) is 0 Å². The number of ether oxygens (including phenoxy) is 2. The Hall–Kier alpha value is -1.85. The van der Waals surface area contributed by atoms with E-state index in [0.717, 1.165) is 15.4 Å². The van der Waals surface area contributed by atoms with Gasteiger partial charge >= 0.3 is 5.97 Å². The molecule has 0 aliphatic carbocycles. The van der Waals surface area contributed by atoms with Crippen molar-refractivity contribution in [3.8, 4) is 0 Å². The first-order chi connectivity index (χ1) is 10.6. The molecule has 0 aliphatic rings. The summed E-state index contributed by atoms with van der Waals surface area (Å²) in [7, 11) is 5.52. The minimum Gasteiger partial charge on any atom is -0.462 e. The minimum absolute atomic E-state index is 0.187. The van der Waals surface area contributed by atoms with Crippen molar-refractivity contribution in [1.29, 1.82) is 0 Å². The van der Waals surface area contributed by atoms with Crippen molar-refractivity contribution in [2.24, 2.45) is 0 Å². The number of hydrogen-bond donors (Lipinski definition) is 0. The summed E-state index contributed by atoms with van der Waals surface area (Å²) in [5.41, 5.74) is 1.65. The lowest BCUT2D eigenvalue weighted by Crippen LogP contribution is -2.12. The van der Waals surface area contributed by atoms with Crippen LogP contribution in [0.15, 0.2) is 36.4 Å². The molecule has 2 aromatic rings. The van der Waals surface area contributed by atoms with Gasteiger partial charge in [0.25, 0.3) is 0 Å². The molecule has 1 unspecified atom stereocenters. The largest absolute Gasteiger partial charge is 0.462 e. The van der Waals surface area contributed by atoms with Crippen LogP contribution in [0, 0.1) is 0 Å². The van der Waals surface area contributed by atoms with Gasteiger partial charge < -0.3 is 14.4 Å². The summed E-state index contributed by atoms with van der Waals surface area (Å²) in [5, 5.41) is 0.881. The standard InChI is InChI=1S/C17H21NO3S/c1-5-21-17(19)13-11-14(22-16(13)18(2)3)15(20-4)12-9-7-6-8-10-12/h6-11,15H,5H2,1-4H3. The quantitative estimate of drug-likeness (QED) is 0.761. The Balaban J connectivity index is 2.42. The third kappa shape index (κ3) is 3.48. The van der Waals surface area contributed by atoms with Crippen LogP contribution in [-0.2, 0) is 9.47 Å². The van der Waals surface area contributed by atoms with Crippen molar-refractivity contribution in [2.75, 3.05) is 32.7 Å². The molecule has 1 aromatic heterocycles. The summed E-state index contributed by atoms with van der Waals surface area (Å²) in [4.78, 5) is 15.1. The SMILES string of the molecule is CCOC(=O)c1cc(C(OC)c2ccccc2)sc1N(C)C. The molecule has 0 saturated heterocycles. The fraction of sp³-hybridized carbons (Fsp3) is 0.353. The average molecular weight is 319 g/mol. The van der Waals surface area contributed by atoms with E-state index in [0.29, 0.717) is 12.2 Å². The lowest BCUT2D eigenvalue weighted by molar-refractivity contribution is 0.0527. The molecule has 0 aliphatic heterocycles. The molecule has 5 heteroatoms. The summed E-state index contributed by atoms with van der Waals surface area (Å²) in [6, 6.07) is 11.8. The molecule has 1 heterocycles. The average Bonchev–Trinajstić information content (AvgIpc) is 2.95. The lowest BCUT2D eigenvalue weighted by Gasteiger charge is -2.14. The van der Waals surface area contributed by atoms with Gasteiger partial charge in [-0.15, -0.1) is 11.3 Å². The maximum atomic E-state index is 12.1. The number of thiophene rings is 1. The van der Waals surface area contributed by atoms with E-state index in [4.69, 9.17) is 9.47 Å². The number of anilines is 1. The van der Waals surface area contributed by atoms with Crippen LogP contribution in [0.1, 0.15) is 33.8 Å². The number of carbonyl (C=O) groups excluding carboxylic acids is 1. The first-order valence-corrected chi connectivity index (χ1v) is 7.96. The molecule has 0 fully saturated rings. The minimum atomic E-state index is -0.295. The van der Waals surface area contributed by atoms with Gasteiger partial charge in [-0.1, -0.05) is 30.3 Å². The van der Waals surface area contributed by atoms with Crippen LogP contribution in [0.3, 0.4) is 0 Å². The van der Waals surface area contributed by atoms with Crippen LogP contribution in [0.2, 0.25) is 0 Å². The van der Waals surface area contributed by atoms with Crippen LogP contribution in [-0.4, -0.2) is 33.8 Å². The van der Waals surface area contributed by atoms with Gasteiger partial charge in [-0.05, 0) is 18.6 Å². The highest BCUT2D eigenvalue weighted by Crippen LogP contribution is 2.38. The van der Waals surface area contributed by atoms with Crippen molar-refractivity contribution in [3.63, 3.8) is 0 Å². The zero-order valence-corrected chi connectivity index (χ0v) is 14.1. The third-order valence-electron chi connectivity index (χ3n) is 3.23. The second-order valence-corrected chi connectivity index (χ2v) is 6.07.